The van der Waals surface area contributed by atoms with Crippen molar-refractivity contribution in [2.75, 3.05) is 19.3 Å². The van der Waals surface area contributed by atoms with E-state index in [9.17, 15) is 13.2 Å². The fourth-order valence-electron chi connectivity index (χ4n) is 2.29. The normalized spacial score (nSPS) is 22.6. The van der Waals surface area contributed by atoms with Crippen LogP contribution in [0.3, 0.4) is 0 Å². The van der Waals surface area contributed by atoms with Crippen LogP contribution >= 0.6 is 0 Å². The lowest BCUT2D eigenvalue weighted by Crippen LogP contribution is -2.39. The zero-order valence-electron chi connectivity index (χ0n) is 10.8. The van der Waals surface area contributed by atoms with Crippen molar-refractivity contribution in [3.05, 3.63) is 0 Å². The van der Waals surface area contributed by atoms with Crippen LogP contribution in [0, 0.1) is 5.92 Å². The fourth-order valence-corrected chi connectivity index (χ4v) is 3.24. The van der Waals surface area contributed by atoms with Gasteiger partial charge in [0.2, 0.25) is 10.0 Å². The minimum absolute atomic E-state index is 0.225. The van der Waals surface area contributed by atoms with Gasteiger partial charge in [0, 0.05) is 25.9 Å². The molecule has 0 aliphatic carbocycles. The molecule has 0 aromatic carbocycles. The van der Waals surface area contributed by atoms with E-state index in [1.807, 2.05) is 0 Å². The van der Waals surface area contributed by atoms with Gasteiger partial charge < -0.3 is 0 Å². The average Bonchev–Trinajstić information content (AvgIpc) is 2.25. The molecule has 0 aromatic rings. The summed E-state index contributed by atoms with van der Waals surface area (Å²) in [5.74, 6) is 0.509. The highest BCUT2D eigenvalue weighted by Crippen LogP contribution is 2.22. The van der Waals surface area contributed by atoms with Gasteiger partial charge in [0.1, 0.15) is 5.78 Å². The van der Waals surface area contributed by atoms with Crippen LogP contribution in [0.2, 0.25) is 0 Å². The van der Waals surface area contributed by atoms with Gasteiger partial charge in [0.25, 0.3) is 0 Å². The van der Waals surface area contributed by atoms with Crippen molar-refractivity contribution in [1.82, 2.24) is 4.31 Å². The van der Waals surface area contributed by atoms with Crippen molar-refractivity contribution in [2.45, 2.75) is 45.4 Å². The van der Waals surface area contributed by atoms with Gasteiger partial charge in [-0.1, -0.05) is 13.3 Å². The SMILES string of the molecule is CCCCC(=O)CC1CCCN(S(C)(=O)=O)C1. The molecule has 1 aliphatic rings. The summed E-state index contributed by atoms with van der Waals surface area (Å²) in [7, 11) is -3.09. The van der Waals surface area contributed by atoms with Gasteiger partial charge >= 0.3 is 0 Å². The third kappa shape index (κ3) is 5.17. The van der Waals surface area contributed by atoms with E-state index in [1.165, 1.54) is 10.6 Å². The molecule has 4 nitrogen and oxygen atoms in total. The molecular weight excluding hydrogens is 238 g/mol. The number of ketones is 1. The first-order chi connectivity index (χ1) is 7.93. The second-order valence-electron chi connectivity index (χ2n) is 4.98. The molecule has 1 heterocycles. The minimum Gasteiger partial charge on any atom is -0.300 e. The molecule has 5 heteroatoms. The number of Topliss-reactive ketones (excluding diaryl/α,β-unsaturated/α-hetero) is 1. The number of hydrogen-bond acceptors (Lipinski definition) is 3. The number of nitrogens with zero attached hydrogens (tertiary/aromatic N) is 1. The Labute approximate surface area is 104 Å². The van der Waals surface area contributed by atoms with Crippen molar-refractivity contribution in [2.24, 2.45) is 5.92 Å². The number of sulfonamides is 1. The highest BCUT2D eigenvalue weighted by molar-refractivity contribution is 7.88. The zero-order valence-corrected chi connectivity index (χ0v) is 11.6. The Morgan fingerprint density at radius 3 is 2.71 bits per heavy atom. The molecule has 0 spiro atoms. The number of piperidine rings is 1. The molecule has 1 rings (SSSR count). The first-order valence-electron chi connectivity index (χ1n) is 6.40. The molecule has 0 radical (unpaired) electrons. The number of unbranched alkanes of at least 4 members (excludes halogenated alkanes) is 1. The third-order valence-electron chi connectivity index (χ3n) is 3.28. The Morgan fingerprint density at radius 1 is 1.41 bits per heavy atom. The smallest absolute Gasteiger partial charge is 0.211 e. The van der Waals surface area contributed by atoms with Crippen LogP contribution < -0.4 is 0 Å². The predicted molar refractivity (Wildman–Crippen MR) is 68.3 cm³/mol. The Kier molecular flexibility index (Phi) is 5.59. The molecule has 0 bridgehead atoms. The molecule has 1 atom stereocenters. The molecule has 100 valence electrons. The molecule has 1 unspecified atom stereocenters. The molecule has 0 saturated carbocycles. The summed E-state index contributed by atoms with van der Waals surface area (Å²) in [5.41, 5.74) is 0. The van der Waals surface area contributed by atoms with Gasteiger partial charge in [-0.2, -0.15) is 0 Å². The molecule has 1 saturated heterocycles. The molecule has 1 fully saturated rings. The van der Waals surface area contributed by atoms with E-state index in [1.54, 1.807) is 0 Å². The fraction of sp³-hybridized carbons (Fsp3) is 0.917. The van der Waals surface area contributed by atoms with Gasteiger partial charge in [-0.25, -0.2) is 12.7 Å². The maximum Gasteiger partial charge on any atom is 0.211 e. The maximum atomic E-state index is 11.7. The summed E-state index contributed by atoms with van der Waals surface area (Å²) >= 11 is 0. The number of hydrogen-bond donors (Lipinski definition) is 0. The second-order valence-corrected chi connectivity index (χ2v) is 6.96. The Bertz CT molecular complexity index is 351. The quantitative estimate of drug-likeness (QED) is 0.732. The highest BCUT2D eigenvalue weighted by Gasteiger charge is 2.26. The minimum atomic E-state index is -3.09. The van der Waals surface area contributed by atoms with Crippen molar-refractivity contribution in [1.29, 1.82) is 0 Å². The molecular formula is C12H23NO3S. The first-order valence-corrected chi connectivity index (χ1v) is 8.25. The topological polar surface area (TPSA) is 54.5 Å². The van der Waals surface area contributed by atoms with E-state index >= 15 is 0 Å². The van der Waals surface area contributed by atoms with Gasteiger partial charge in [-0.3, -0.25) is 4.79 Å². The van der Waals surface area contributed by atoms with E-state index < -0.39 is 10.0 Å². The van der Waals surface area contributed by atoms with E-state index in [0.717, 1.165) is 25.7 Å². The van der Waals surface area contributed by atoms with E-state index in [0.29, 0.717) is 25.9 Å². The van der Waals surface area contributed by atoms with Crippen LogP contribution in [-0.2, 0) is 14.8 Å². The highest BCUT2D eigenvalue weighted by atomic mass is 32.2. The summed E-state index contributed by atoms with van der Waals surface area (Å²) in [5, 5.41) is 0. The van der Waals surface area contributed by atoms with Gasteiger partial charge in [-0.15, -0.1) is 0 Å². The standard InChI is InChI=1S/C12H23NO3S/c1-3-4-7-12(14)9-11-6-5-8-13(10-11)17(2,15)16/h11H,3-10H2,1-2H3. The number of carbonyl (C=O) groups excluding carboxylic acids is 1. The molecule has 0 N–H and O–H groups in total. The van der Waals surface area contributed by atoms with Crippen molar-refractivity contribution >= 4 is 15.8 Å². The van der Waals surface area contributed by atoms with Crippen molar-refractivity contribution in [3.8, 4) is 0 Å². The van der Waals surface area contributed by atoms with Crippen LogP contribution in [0.4, 0.5) is 0 Å². The van der Waals surface area contributed by atoms with Crippen LogP contribution in [0.25, 0.3) is 0 Å². The largest absolute Gasteiger partial charge is 0.300 e. The summed E-state index contributed by atoms with van der Waals surface area (Å²) in [6, 6.07) is 0. The summed E-state index contributed by atoms with van der Waals surface area (Å²) < 4.78 is 24.4. The zero-order chi connectivity index (χ0) is 12.9. The average molecular weight is 261 g/mol. The summed E-state index contributed by atoms with van der Waals surface area (Å²) in [4.78, 5) is 11.7. The Balaban J connectivity index is 2.42. The van der Waals surface area contributed by atoms with E-state index in [4.69, 9.17) is 0 Å². The summed E-state index contributed by atoms with van der Waals surface area (Å²) in [6.07, 6.45) is 6.27. The van der Waals surface area contributed by atoms with Crippen LogP contribution in [0.15, 0.2) is 0 Å². The van der Waals surface area contributed by atoms with Crippen LogP contribution in [-0.4, -0.2) is 37.9 Å². The molecule has 0 amide bonds. The number of rotatable bonds is 6. The first kappa shape index (κ1) is 14.6. The van der Waals surface area contributed by atoms with E-state index in [-0.39, 0.29) is 11.7 Å². The van der Waals surface area contributed by atoms with Crippen LogP contribution in [0.1, 0.15) is 45.4 Å². The van der Waals surface area contributed by atoms with E-state index in [2.05, 4.69) is 6.92 Å². The third-order valence-corrected chi connectivity index (χ3v) is 4.55. The molecule has 1 aliphatic heterocycles. The monoisotopic (exact) mass is 261 g/mol. The van der Waals surface area contributed by atoms with Crippen molar-refractivity contribution in [3.63, 3.8) is 0 Å². The Hall–Kier alpha value is -0.420. The van der Waals surface area contributed by atoms with Gasteiger partial charge in [0.15, 0.2) is 0 Å². The summed E-state index contributed by atoms with van der Waals surface area (Å²) in [6.45, 7) is 3.20. The Morgan fingerprint density at radius 2 is 2.12 bits per heavy atom. The molecule has 17 heavy (non-hydrogen) atoms. The van der Waals surface area contributed by atoms with Gasteiger partial charge in [0.05, 0.1) is 6.26 Å². The maximum absolute atomic E-state index is 11.7. The second kappa shape index (κ2) is 6.50. The lowest BCUT2D eigenvalue weighted by molar-refractivity contribution is -0.120. The number of carbonyl (C=O) groups is 1. The lowest BCUT2D eigenvalue weighted by atomic mass is 9.93. The molecule has 0 aromatic heterocycles. The van der Waals surface area contributed by atoms with Crippen LogP contribution in [0.5, 0.6) is 0 Å². The predicted octanol–water partition coefficient (Wildman–Crippen LogP) is 1.81. The lowest BCUT2D eigenvalue weighted by Gasteiger charge is -2.30. The van der Waals surface area contributed by atoms with Crippen molar-refractivity contribution < 1.29 is 13.2 Å². The van der Waals surface area contributed by atoms with Gasteiger partial charge in [-0.05, 0) is 25.2 Å².